The molecule has 1 amide bonds. The third-order valence-corrected chi connectivity index (χ3v) is 9.38. The van der Waals surface area contributed by atoms with Crippen LogP contribution in [-0.4, -0.2) is 79.5 Å². The molecule has 9 nitrogen and oxygen atoms in total. The van der Waals surface area contributed by atoms with E-state index in [2.05, 4.69) is 25.3 Å². The van der Waals surface area contributed by atoms with E-state index in [-0.39, 0.29) is 11.3 Å². The Balaban J connectivity index is 1.57. The summed E-state index contributed by atoms with van der Waals surface area (Å²) in [4.78, 5) is 18.3. The summed E-state index contributed by atoms with van der Waals surface area (Å²) >= 11 is 0. The van der Waals surface area contributed by atoms with Crippen LogP contribution in [0.3, 0.4) is 0 Å². The maximum absolute atomic E-state index is 13.3. The largest absolute Gasteiger partial charge is 0.381 e. The highest BCUT2D eigenvalue weighted by Crippen LogP contribution is 2.31. The van der Waals surface area contributed by atoms with Crippen molar-refractivity contribution in [1.82, 2.24) is 18.8 Å². The molecule has 0 bridgehead atoms. The van der Waals surface area contributed by atoms with E-state index in [1.165, 1.54) is 22.0 Å². The summed E-state index contributed by atoms with van der Waals surface area (Å²) < 4.78 is 37.4. The zero-order chi connectivity index (χ0) is 26.1. The zero-order valence-corrected chi connectivity index (χ0v) is 23.2. The molecule has 0 N–H and O–H groups in total. The predicted octanol–water partition coefficient (Wildman–Crippen LogP) is 3.39. The Morgan fingerprint density at radius 3 is 2.53 bits per heavy atom. The molecule has 0 aliphatic carbocycles. The van der Waals surface area contributed by atoms with Gasteiger partial charge in [0.25, 0.3) is 0 Å². The van der Waals surface area contributed by atoms with E-state index in [9.17, 15) is 13.2 Å². The first kappa shape index (κ1) is 26.9. The minimum Gasteiger partial charge on any atom is -0.381 e. The summed E-state index contributed by atoms with van der Waals surface area (Å²) in [5, 5.41) is 0. The zero-order valence-electron chi connectivity index (χ0n) is 22.4. The molecule has 2 aliphatic rings. The molecule has 36 heavy (non-hydrogen) atoms. The first-order chi connectivity index (χ1) is 17.0. The Morgan fingerprint density at radius 2 is 1.86 bits per heavy atom. The van der Waals surface area contributed by atoms with E-state index < -0.39 is 10.2 Å². The molecular weight excluding hydrogens is 478 g/mol. The molecule has 2 aromatic rings. The summed E-state index contributed by atoms with van der Waals surface area (Å²) in [6.07, 6.45) is 4.51. The number of ether oxygens (including phenoxy) is 1. The number of hydrogen-bond acceptors (Lipinski definition) is 5. The van der Waals surface area contributed by atoms with Gasteiger partial charge in [0.1, 0.15) is 5.82 Å². The Bertz CT molecular complexity index is 1170. The Kier molecular flexibility index (Phi) is 7.97. The lowest BCUT2D eigenvalue weighted by Gasteiger charge is -2.35. The first-order valence-corrected chi connectivity index (χ1v) is 14.5. The second kappa shape index (κ2) is 10.7. The van der Waals surface area contributed by atoms with Gasteiger partial charge in [-0.2, -0.15) is 12.7 Å². The Hall–Kier alpha value is -2.17. The van der Waals surface area contributed by atoms with Gasteiger partial charge in [-0.15, -0.1) is 0 Å². The fourth-order valence-corrected chi connectivity index (χ4v) is 6.58. The number of amides is 1. The number of aryl methyl sites for hydroxylation is 1. The van der Waals surface area contributed by atoms with Crippen LogP contribution in [0.1, 0.15) is 59.2 Å². The number of aromatic nitrogens is 2. The number of carbonyl (C=O) groups excluding carboxylic acids is 1. The number of nitrogens with zero attached hydrogens (tertiary/aromatic N) is 5. The van der Waals surface area contributed by atoms with Crippen LogP contribution in [0.5, 0.6) is 0 Å². The van der Waals surface area contributed by atoms with Gasteiger partial charge >= 0.3 is 10.2 Å². The Morgan fingerprint density at radius 1 is 1.14 bits per heavy atom. The quantitative estimate of drug-likeness (QED) is 0.584. The minimum absolute atomic E-state index is 0.0246. The lowest BCUT2D eigenvalue weighted by atomic mass is 9.94. The number of fused-ring (bicyclic) bond motifs is 1. The average Bonchev–Trinajstić information content (AvgIpc) is 3.01. The van der Waals surface area contributed by atoms with Crippen LogP contribution >= 0.6 is 0 Å². The van der Waals surface area contributed by atoms with Crippen molar-refractivity contribution in [2.45, 2.75) is 65.3 Å². The monoisotopic (exact) mass is 519 g/mol. The van der Waals surface area contributed by atoms with Crippen LogP contribution < -0.4 is 4.31 Å². The van der Waals surface area contributed by atoms with Gasteiger partial charge in [-0.1, -0.05) is 20.8 Å². The van der Waals surface area contributed by atoms with E-state index in [1.807, 2.05) is 18.2 Å². The molecule has 1 aromatic heterocycles. The number of rotatable bonds is 6. The van der Waals surface area contributed by atoms with Crippen molar-refractivity contribution < 1.29 is 17.9 Å². The smallest absolute Gasteiger partial charge is 0.303 e. The van der Waals surface area contributed by atoms with E-state index in [0.29, 0.717) is 37.8 Å². The van der Waals surface area contributed by atoms with Gasteiger partial charge in [0.05, 0.1) is 16.7 Å². The maximum Gasteiger partial charge on any atom is 0.303 e. The van der Waals surface area contributed by atoms with Crippen molar-refractivity contribution in [2.24, 2.45) is 5.92 Å². The summed E-state index contributed by atoms with van der Waals surface area (Å²) in [6.45, 7) is 12.0. The van der Waals surface area contributed by atoms with Gasteiger partial charge < -0.3 is 14.2 Å². The number of imidazole rings is 1. The van der Waals surface area contributed by atoms with Crippen LogP contribution in [-0.2, 0) is 31.7 Å². The average molecular weight is 520 g/mol. The SMILES string of the molecule is CC(=O)N1CCN(S(=O)(=O)N(C)c2ccc3c(c2)nc(C(C)(C)C)n3CCC2CCCOCC2)CC1. The van der Waals surface area contributed by atoms with Gasteiger partial charge in [-0.3, -0.25) is 9.10 Å². The number of hydrogen-bond donors (Lipinski definition) is 0. The molecule has 2 aliphatic heterocycles. The number of piperazine rings is 1. The predicted molar refractivity (Wildman–Crippen MR) is 142 cm³/mol. The van der Waals surface area contributed by atoms with Crippen molar-refractivity contribution in [1.29, 1.82) is 0 Å². The number of anilines is 1. The molecule has 2 saturated heterocycles. The van der Waals surface area contributed by atoms with Gasteiger partial charge in [0.2, 0.25) is 5.91 Å². The summed E-state index contributed by atoms with van der Waals surface area (Å²) in [7, 11) is -2.12. The van der Waals surface area contributed by atoms with Crippen LogP contribution in [0.4, 0.5) is 5.69 Å². The third kappa shape index (κ3) is 5.70. The lowest BCUT2D eigenvalue weighted by molar-refractivity contribution is -0.129. The van der Waals surface area contributed by atoms with E-state index in [0.717, 1.165) is 55.9 Å². The van der Waals surface area contributed by atoms with Crippen LogP contribution in [0, 0.1) is 5.92 Å². The first-order valence-electron chi connectivity index (χ1n) is 13.1. The molecule has 2 fully saturated rings. The van der Waals surface area contributed by atoms with Gasteiger partial charge in [-0.05, 0) is 49.8 Å². The standard InChI is InChI=1S/C26H41N5O4S/c1-20(32)29-13-15-30(16-14-29)36(33,34)28(5)22-8-9-24-23(19-22)27-25(26(2,3)4)31(24)12-10-21-7-6-17-35-18-11-21/h8-9,19,21H,6-7,10-18H2,1-5H3. The topological polar surface area (TPSA) is 88.0 Å². The molecule has 0 radical (unpaired) electrons. The highest BCUT2D eigenvalue weighted by Gasteiger charge is 2.32. The highest BCUT2D eigenvalue weighted by molar-refractivity contribution is 7.90. The fourth-order valence-electron chi connectivity index (χ4n) is 5.22. The molecule has 4 rings (SSSR count). The van der Waals surface area contributed by atoms with Crippen molar-refractivity contribution in [3.05, 3.63) is 24.0 Å². The van der Waals surface area contributed by atoms with E-state index in [4.69, 9.17) is 9.72 Å². The summed E-state index contributed by atoms with van der Waals surface area (Å²) in [6, 6.07) is 5.75. The van der Waals surface area contributed by atoms with Gasteiger partial charge in [-0.25, -0.2) is 4.98 Å². The highest BCUT2D eigenvalue weighted by atomic mass is 32.2. The van der Waals surface area contributed by atoms with Crippen molar-refractivity contribution >= 4 is 32.8 Å². The van der Waals surface area contributed by atoms with E-state index in [1.54, 1.807) is 11.9 Å². The molecular formula is C26H41N5O4S. The maximum atomic E-state index is 13.3. The van der Waals surface area contributed by atoms with Crippen molar-refractivity contribution in [2.75, 3.05) is 50.7 Å². The van der Waals surface area contributed by atoms with Gasteiger partial charge in [0.15, 0.2) is 0 Å². The van der Waals surface area contributed by atoms with Crippen molar-refractivity contribution in [3.63, 3.8) is 0 Å². The lowest BCUT2D eigenvalue weighted by Crippen LogP contribution is -2.53. The third-order valence-electron chi connectivity index (χ3n) is 7.46. The van der Waals surface area contributed by atoms with Crippen LogP contribution in [0.15, 0.2) is 18.2 Å². The van der Waals surface area contributed by atoms with E-state index >= 15 is 0 Å². The molecule has 10 heteroatoms. The normalized spacial score (nSPS) is 20.5. The number of benzene rings is 1. The van der Waals surface area contributed by atoms with Crippen LogP contribution in [0.2, 0.25) is 0 Å². The fraction of sp³-hybridized carbons (Fsp3) is 0.692. The van der Waals surface area contributed by atoms with Gasteiger partial charge in [0, 0.05) is 65.3 Å². The minimum atomic E-state index is -3.71. The van der Waals surface area contributed by atoms with Crippen molar-refractivity contribution in [3.8, 4) is 0 Å². The Labute approximate surface area is 215 Å². The molecule has 1 unspecified atom stereocenters. The molecule has 1 aromatic carbocycles. The molecule has 0 spiro atoms. The number of carbonyl (C=O) groups is 1. The molecule has 1 atom stereocenters. The molecule has 200 valence electrons. The second-order valence-electron chi connectivity index (χ2n) is 11.1. The second-order valence-corrected chi connectivity index (χ2v) is 13.0. The summed E-state index contributed by atoms with van der Waals surface area (Å²) in [5.74, 6) is 1.64. The molecule has 3 heterocycles. The summed E-state index contributed by atoms with van der Waals surface area (Å²) in [5.41, 5.74) is 2.29. The van der Waals surface area contributed by atoms with Crippen LogP contribution in [0.25, 0.3) is 11.0 Å². The molecule has 0 saturated carbocycles.